The predicted molar refractivity (Wildman–Crippen MR) is 77.8 cm³/mol. The van der Waals surface area contributed by atoms with Gasteiger partial charge in [-0.25, -0.2) is 0 Å². The molecule has 0 fully saturated rings. The summed E-state index contributed by atoms with van der Waals surface area (Å²) in [5, 5.41) is 9.58. The van der Waals surface area contributed by atoms with Crippen LogP contribution in [0.1, 0.15) is 5.56 Å². The molecule has 2 aromatic carbocycles. The van der Waals surface area contributed by atoms with Crippen molar-refractivity contribution in [3.63, 3.8) is 0 Å². The highest BCUT2D eigenvalue weighted by Gasteiger charge is 2.72. The number of alkyl halides is 6. The molecule has 0 radical (unpaired) electrons. The summed E-state index contributed by atoms with van der Waals surface area (Å²) in [4.78, 5) is 0. The van der Waals surface area contributed by atoms with Crippen molar-refractivity contribution in [1.29, 1.82) is 0 Å². The van der Waals surface area contributed by atoms with Gasteiger partial charge < -0.3 is 21.3 Å². The Morgan fingerprint density at radius 2 is 1.24 bits per heavy atom. The Morgan fingerprint density at radius 3 is 1.72 bits per heavy atom. The molecule has 5 N–H and O–H groups in total. The van der Waals surface area contributed by atoms with E-state index in [0.29, 0.717) is 11.8 Å². The summed E-state index contributed by atoms with van der Waals surface area (Å²) < 4.78 is 83.7. The lowest BCUT2D eigenvalue weighted by atomic mass is 9.91. The van der Waals surface area contributed by atoms with E-state index in [1.165, 1.54) is 24.3 Å². The second kappa shape index (κ2) is 6.03. The van der Waals surface area contributed by atoms with Crippen LogP contribution >= 0.6 is 0 Å². The molecule has 0 aliphatic carbocycles. The molecule has 2 rings (SSSR count). The maximum atomic E-state index is 13.1. The van der Waals surface area contributed by atoms with Crippen molar-refractivity contribution in [2.24, 2.45) is 0 Å². The highest BCUT2D eigenvalue weighted by Crippen LogP contribution is 2.53. The molecule has 2 aromatic rings. The third kappa shape index (κ3) is 3.43. The van der Waals surface area contributed by atoms with E-state index in [1.807, 2.05) is 0 Å². The van der Waals surface area contributed by atoms with Crippen LogP contribution in [0.4, 0.5) is 37.7 Å². The van der Waals surface area contributed by atoms with Crippen LogP contribution in [-0.4, -0.2) is 17.5 Å². The standard InChI is InChI=1S/C15H12F6N2O2/c16-14(17,18)13(24,15(19,20)21)11-7-9(23)3-6-12(11)25-10-4-1-8(22)2-5-10/h1-7,24H,22-23H2. The minimum atomic E-state index is -6.06. The van der Waals surface area contributed by atoms with E-state index >= 15 is 0 Å². The molecule has 25 heavy (non-hydrogen) atoms. The lowest BCUT2D eigenvalue weighted by molar-refractivity contribution is -0.376. The first-order chi connectivity index (χ1) is 11.4. The van der Waals surface area contributed by atoms with Gasteiger partial charge in [0.25, 0.3) is 5.60 Å². The number of hydrogen-bond acceptors (Lipinski definition) is 4. The maximum absolute atomic E-state index is 13.1. The van der Waals surface area contributed by atoms with Crippen molar-refractivity contribution in [1.82, 2.24) is 0 Å². The van der Waals surface area contributed by atoms with Gasteiger partial charge in [-0.15, -0.1) is 0 Å². The monoisotopic (exact) mass is 366 g/mol. The smallest absolute Gasteiger partial charge is 0.430 e. The SMILES string of the molecule is Nc1ccc(Oc2ccc(N)cc2C(O)(C(F)(F)F)C(F)(F)F)cc1. The lowest BCUT2D eigenvalue weighted by Crippen LogP contribution is -2.54. The Labute approximate surface area is 137 Å². The zero-order valence-corrected chi connectivity index (χ0v) is 12.3. The normalized spacial score (nSPS) is 12.9. The van der Waals surface area contributed by atoms with Gasteiger partial charge >= 0.3 is 12.4 Å². The first kappa shape index (κ1) is 18.7. The summed E-state index contributed by atoms with van der Waals surface area (Å²) in [5.41, 5.74) is 3.93. The molecule has 0 aliphatic rings. The van der Waals surface area contributed by atoms with Crippen LogP contribution in [0, 0.1) is 0 Å². The molecule has 0 amide bonds. The molecule has 10 heteroatoms. The third-order valence-corrected chi connectivity index (χ3v) is 3.32. The van der Waals surface area contributed by atoms with E-state index in [9.17, 15) is 31.4 Å². The Hall–Kier alpha value is -2.62. The highest BCUT2D eigenvalue weighted by molar-refractivity contribution is 5.53. The van der Waals surface area contributed by atoms with Crippen molar-refractivity contribution >= 4 is 11.4 Å². The Bertz CT molecular complexity index is 742. The van der Waals surface area contributed by atoms with Gasteiger partial charge in [0.05, 0.1) is 0 Å². The summed E-state index contributed by atoms with van der Waals surface area (Å²) in [7, 11) is 0. The number of anilines is 2. The van der Waals surface area contributed by atoms with Crippen molar-refractivity contribution in [2.45, 2.75) is 18.0 Å². The summed E-state index contributed by atoms with van der Waals surface area (Å²) in [5.74, 6) is -0.928. The zero-order chi connectivity index (χ0) is 19.0. The highest BCUT2D eigenvalue weighted by atomic mass is 19.4. The van der Waals surface area contributed by atoms with Crippen molar-refractivity contribution < 1.29 is 36.2 Å². The fourth-order valence-electron chi connectivity index (χ4n) is 2.05. The molecule has 0 spiro atoms. The molecule has 4 nitrogen and oxygen atoms in total. The first-order valence-corrected chi connectivity index (χ1v) is 6.65. The fraction of sp³-hybridized carbons (Fsp3) is 0.200. The molecule has 0 saturated carbocycles. The zero-order valence-electron chi connectivity index (χ0n) is 12.3. The number of aliphatic hydroxyl groups is 1. The van der Waals surface area contributed by atoms with Crippen LogP contribution in [0.25, 0.3) is 0 Å². The molecule has 0 saturated heterocycles. The molecular formula is C15H12F6N2O2. The average molecular weight is 366 g/mol. The van der Waals surface area contributed by atoms with E-state index in [1.54, 1.807) is 0 Å². The number of nitrogens with two attached hydrogens (primary N) is 2. The maximum Gasteiger partial charge on any atom is 0.430 e. The van der Waals surface area contributed by atoms with E-state index in [0.717, 1.165) is 12.1 Å². The van der Waals surface area contributed by atoms with E-state index in [4.69, 9.17) is 16.2 Å². The van der Waals surface area contributed by atoms with Gasteiger partial charge in [-0.1, -0.05) is 0 Å². The average Bonchev–Trinajstić information content (AvgIpc) is 2.48. The number of hydrogen-bond donors (Lipinski definition) is 3. The van der Waals surface area contributed by atoms with Gasteiger partial charge in [0.1, 0.15) is 11.5 Å². The van der Waals surface area contributed by atoms with Gasteiger partial charge in [0.2, 0.25) is 0 Å². The number of ether oxygens (including phenoxy) is 1. The minimum absolute atomic E-state index is 0.0769. The number of benzene rings is 2. The van der Waals surface area contributed by atoms with Gasteiger partial charge in [-0.3, -0.25) is 0 Å². The third-order valence-electron chi connectivity index (χ3n) is 3.32. The van der Waals surface area contributed by atoms with E-state index in [2.05, 4.69) is 0 Å². The van der Waals surface area contributed by atoms with Crippen LogP contribution in [0.3, 0.4) is 0 Å². The van der Waals surface area contributed by atoms with Crippen LogP contribution in [0.5, 0.6) is 11.5 Å². The predicted octanol–water partition coefficient (Wildman–Crippen LogP) is 3.96. The minimum Gasteiger partial charge on any atom is -0.457 e. The Balaban J connectivity index is 2.63. The lowest BCUT2D eigenvalue weighted by Gasteiger charge is -2.33. The number of nitrogen functional groups attached to an aromatic ring is 2. The van der Waals surface area contributed by atoms with Gasteiger partial charge in [0.15, 0.2) is 0 Å². The van der Waals surface area contributed by atoms with Crippen molar-refractivity contribution in [3.8, 4) is 11.5 Å². The van der Waals surface area contributed by atoms with Gasteiger partial charge in [-0.2, -0.15) is 26.3 Å². The molecule has 0 aliphatic heterocycles. The van der Waals surface area contributed by atoms with E-state index < -0.39 is 35.0 Å². The summed E-state index contributed by atoms with van der Waals surface area (Å²) >= 11 is 0. The molecule has 136 valence electrons. The molecule has 0 aromatic heterocycles. The summed E-state index contributed by atoms with van der Waals surface area (Å²) in [6.45, 7) is 0. The van der Waals surface area contributed by atoms with Crippen LogP contribution in [0.2, 0.25) is 0 Å². The molecule has 0 heterocycles. The second-order valence-electron chi connectivity index (χ2n) is 5.13. The first-order valence-electron chi connectivity index (χ1n) is 6.65. The van der Waals surface area contributed by atoms with Crippen LogP contribution in [-0.2, 0) is 5.60 Å². The summed E-state index contributed by atoms with van der Waals surface area (Å²) in [6, 6.07) is 7.39. The number of rotatable bonds is 3. The van der Waals surface area contributed by atoms with Gasteiger partial charge in [0, 0.05) is 16.9 Å². The molecule has 0 unspecified atom stereocenters. The topological polar surface area (TPSA) is 81.5 Å². The fourth-order valence-corrected chi connectivity index (χ4v) is 2.05. The Kier molecular flexibility index (Phi) is 4.51. The molecular weight excluding hydrogens is 354 g/mol. The van der Waals surface area contributed by atoms with Gasteiger partial charge in [-0.05, 0) is 42.5 Å². The largest absolute Gasteiger partial charge is 0.457 e. The van der Waals surface area contributed by atoms with Crippen LogP contribution in [0.15, 0.2) is 42.5 Å². The van der Waals surface area contributed by atoms with Crippen molar-refractivity contribution in [3.05, 3.63) is 48.0 Å². The van der Waals surface area contributed by atoms with E-state index in [-0.39, 0.29) is 5.75 Å². The number of halogens is 6. The molecule has 0 atom stereocenters. The quantitative estimate of drug-likeness (QED) is 0.567. The van der Waals surface area contributed by atoms with Crippen LogP contribution < -0.4 is 16.2 Å². The summed E-state index contributed by atoms with van der Waals surface area (Å²) in [6.07, 6.45) is -12.1. The van der Waals surface area contributed by atoms with Crippen molar-refractivity contribution in [2.75, 3.05) is 11.5 Å². The Morgan fingerprint density at radius 1 is 0.760 bits per heavy atom. The molecule has 0 bridgehead atoms. The second-order valence-corrected chi connectivity index (χ2v) is 5.13.